The highest BCUT2D eigenvalue weighted by Crippen LogP contribution is 2.17. The number of aromatic nitrogens is 2. The Morgan fingerprint density at radius 3 is 2.28 bits per heavy atom. The molecular weight excluding hydrogens is 345 g/mol. The predicted molar refractivity (Wildman–Crippen MR) is 79.4 cm³/mol. The van der Waals surface area contributed by atoms with E-state index < -0.39 is 0 Å². The van der Waals surface area contributed by atoms with E-state index in [2.05, 4.69) is 5.32 Å². The first-order valence-electron chi connectivity index (χ1n) is 5.30. The maximum Gasteiger partial charge on any atom is 0.332 e. The minimum absolute atomic E-state index is 0.294. The second-order valence-corrected chi connectivity index (χ2v) is 4.94. The molecule has 0 aliphatic heterocycles. The Morgan fingerprint density at radius 1 is 1.06 bits per heavy atom. The summed E-state index contributed by atoms with van der Waals surface area (Å²) in [6.07, 6.45) is 0. The molecule has 1 N–H and O–H groups in total. The van der Waals surface area contributed by atoms with Gasteiger partial charge in [0.25, 0.3) is 5.56 Å². The van der Waals surface area contributed by atoms with Crippen molar-refractivity contribution in [2.75, 3.05) is 5.32 Å². The summed E-state index contributed by atoms with van der Waals surface area (Å²) < 4.78 is 3.01. The van der Waals surface area contributed by atoms with Gasteiger partial charge in [-0.15, -0.1) is 0 Å². The van der Waals surface area contributed by atoms with E-state index in [1.54, 1.807) is 7.05 Å². The van der Waals surface area contributed by atoms with Crippen molar-refractivity contribution in [2.24, 2.45) is 14.1 Å². The third-order valence-electron chi connectivity index (χ3n) is 2.65. The highest BCUT2D eigenvalue weighted by molar-refractivity contribution is 14.1. The van der Waals surface area contributed by atoms with Crippen molar-refractivity contribution in [3.63, 3.8) is 0 Å². The van der Waals surface area contributed by atoms with Gasteiger partial charge in [0.05, 0.1) is 0 Å². The van der Waals surface area contributed by atoms with Crippen LogP contribution in [-0.2, 0) is 14.1 Å². The van der Waals surface area contributed by atoms with Crippen molar-refractivity contribution in [2.45, 2.75) is 0 Å². The lowest BCUT2D eigenvalue weighted by Crippen LogP contribution is -2.39. The van der Waals surface area contributed by atoms with Crippen LogP contribution in [0.25, 0.3) is 0 Å². The molecule has 2 aromatic rings. The zero-order valence-corrected chi connectivity index (χ0v) is 12.1. The fraction of sp³-hybridized carbons (Fsp3) is 0.167. The molecule has 0 atom stereocenters. The zero-order chi connectivity index (χ0) is 13.3. The molecule has 5 nitrogen and oxygen atoms in total. The molecule has 0 aliphatic carbocycles. The van der Waals surface area contributed by atoms with Crippen LogP contribution in [0.15, 0.2) is 39.9 Å². The van der Waals surface area contributed by atoms with Crippen LogP contribution in [0.4, 0.5) is 11.5 Å². The Kier molecular flexibility index (Phi) is 3.55. The van der Waals surface area contributed by atoms with Crippen LogP contribution < -0.4 is 16.6 Å². The molecule has 0 radical (unpaired) electrons. The molecule has 0 amide bonds. The molecule has 0 bridgehead atoms. The second kappa shape index (κ2) is 4.97. The summed E-state index contributed by atoms with van der Waals surface area (Å²) in [6, 6.07) is 9.41. The van der Waals surface area contributed by atoms with E-state index in [1.165, 1.54) is 11.6 Å². The molecule has 1 aromatic heterocycles. The van der Waals surface area contributed by atoms with Crippen molar-refractivity contribution in [3.8, 4) is 0 Å². The quantitative estimate of drug-likeness (QED) is 0.828. The van der Waals surface area contributed by atoms with Crippen LogP contribution in [0.1, 0.15) is 0 Å². The number of para-hydroxylation sites is 1. The summed E-state index contributed by atoms with van der Waals surface area (Å²) in [5.41, 5.74) is 0.189. The first kappa shape index (κ1) is 12.9. The van der Waals surface area contributed by atoms with Gasteiger partial charge in [-0.3, -0.25) is 13.9 Å². The van der Waals surface area contributed by atoms with Crippen LogP contribution in [-0.4, -0.2) is 9.13 Å². The van der Waals surface area contributed by atoms with Gasteiger partial charge in [-0.1, -0.05) is 18.2 Å². The molecule has 0 fully saturated rings. The van der Waals surface area contributed by atoms with E-state index in [0.29, 0.717) is 9.39 Å². The number of halogens is 1. The Bertz CT molecular complexity index is 652. The molecule has 2 rings (SSSR count). The largest absolute Gasteiger partial charge is 0.340 e. The summed E-state index contributed by atoms with van der Waals surface area (Å²) in [5.74, 6) is 0.509. The maximum atomic E-state index is 11.9. The molecule has 1 heterocycles. The first-order chi connectivity index (χ1) is 8.52. The van der Waals surface area contributed by atoms with Gasteiger partial charge >= 0.3 is 5.69 Å². The van der Waals surface area contributed by atoms with E-state index in [4.69, 9.17) is 0 Å². The number of nitrogens with zero attached hydrogens (tertiary/aromatic N) is 2. The molecular formula is C12H12IN3O2. The summed E-state index contributed by atoms with van der Waals surface area (Å²) in [4.78, 5) is 23.7. The SMILES string of the molecule is Cn1c(Nc2ccccc2)c(I)c(=O)n(C)c1=O. The molecule has 0 saturated carbocycles. The number of rotatable bonds is 2. The van der Waals surface area contributed by atoms with Crippen molar-refractivity contribution in [1.82, 2.24) is 9.13 Å². The van der Waals surface area contributed by atoms with Gasteiger partial charge in [-0.05, 0) is 34.7 Å². The van der Waals surface area contributed by atoms with Crippen molar-refractivity contribution >= 4 is 34.1 Å². The Balaban J connectivity index is 2.59. The van der Waals surface area contributed by atoms with Gasteiger partial charge in [-0.25, -0.2) is 4.79 Å². The topological polar surface area (TPSA) is 56.0 Å². The van der Waals surface area contributed by atoms with Crippen LogP contribution >= 0.6 is 22.6 Å². The standard InChI is InChI=1S/C12H12IN3O2/c1-15-10(14-8-6-4-3-5-7-8)9(13)11(17)16(2)12(15)18/h3-7,14H,1-2H3. The van der Waals surface area contributed by atoms with E-state index in [1.807, 2.05) is 52.9 Å². The fourth-order valence-corrected chi connectivity index (χ4v) is 2.46. The van der Waals surface area contributed by atoms with Crippen molar-refractivity contribution in [1.29, 1.82) is 0 Å². The molecule has 1 aromatic carbocycles. The summed E-state index contributed by atoms with van der Waals surface area (Å²) in [7, 11) is 3.11. The highest BCUT2D eigenvalue weighted by atomic mass is 127. The molecule has 0 aliphatic rings. The Hall–Kier alpha value is -1.57. The minimum Gasteiger partial charge on any atom is -0.340 e. The van der Waals surface area contributed by atoms with Gasteiger partial charge < -0.3 is 5.32 Å². The number of benzene rings is 1. The van der Waals surface area contributed by atoms with Crippen LogP contribution in [0.3, 0.4) is 0 Å². The van der Waals surface area contributed by atoms with Crippen LogP contribution in [0.2, 0.25) is 0 Å². The second-order valence-electron chi connectivity index (χ2n) is 3.86. The molecule has 0 unspecified atom stereocenters. The molecule has 0 saturated heterocycles. The van der Waals surface area contributed by atoms with Crippen molar-refractivity contribution < 1.29 is 0 Å². The monoisotopic (exact) mass is 357 g/mol. The van der Waals surface area contributed by atoms with Crippen LogP contribution in [0.5, 0.6) is 0 Å². The fourth-order valence-electron chi connectivity index (χ4n) is 1.60. The van der Waals surface area contributed by atoms with E-state index >= 15 is 0 Å². The maximum absolute atomic E-state index is 11.9. The van der Waals surface area contributed by atoms with Crippen LogP contribution in [0, 0.1) is 3.57 Å². The third-order valence-corrected chi connectivity index (χ3v) is 3.62. The molecule has 0 spiro atoms. The highest BCUT2D eigenvalue weighted by Gasteiger charge is 2.12. The average molecular weight is 357 g/mol. The average Bonchev–Trinajstić information content (AvgIpc) is 2.40. The summed E-state index contributed by atoms with van der Waals surface area (Å²) in [6.45, 7) is 0. The lowest BCUT2D eigenvalue weighted by atomic mass is 10.3. The summed E-state index contributed by atoms with van der Waals surface area (Å²) in [5, 5.41) is 3.09. The van der Waals surface area contributed by atoms with Gasteiger partial charge in [0.15, 0.2) is 0 Å². The minimum atomic E-state index is -0.348. The van der Waals surface area contributed by atoms with Gasteiger partial charge in [0.1, 0.15) is 9.39 Å². The lowest BCUT2D eigenvalue weighted by molar-refractivity contribution is 0.686. The number of anilines is 2. The molecule has 6 heteroatoms. The predicted octanol–water partition coefficient (Wildman–Crippen LogP) is 1.43. The van der Waals surface area contributed by atoms with Gasteiger partial charge in [0, 0.05) is 19.8 Å². The normalized spacial score (nSPS) is 10.4. The van der Waals surface area contributed by atoms with Gasteiger partial charge in [0.2, 0.25) is 0 Å². The zero-order valence-electron chi connectivity index (χ0n) is 9.98. The van der Waals surface area contributed by atoms with E-state index in [9.17, 15) is 9.59 Å². The van der Waals surface area contributed by atoms with E-state index in [0.717, 1.165) is 10.3 Å². The molecule has 18 heavy (non-hydrogen) atoms. The Labute approximate surface area is 117 Å². The third kappa shape index (κ3) is 2.20. The lowest BCUT2D eigenvalue weighted by Gasteiger charge is -2.13. The summed E-state index contributed by atoms with van der Waals surface area (Å²) >= 11 is 1.94. The number of nitrogens with one attached hydrogen (secondary N) is 1. The van der Waals surface area contributed by atoms with E-state index in [-0.39, 0.29) is 11.2 Å². The smallest absolute Gasteiger partial charge is 0.332 e. The first-order valence-corrected chi connectivity index (χ1v) is 6.38. The van der Waals surface area contributed by atoms with Gasteiger partial charge in [-0.2, -0.15) is 0 Å². The van der Waals surface area contributed by atoms with Crippen molar-refractivity contribution in [3.05, 3.63) is 54.7 Å². The molecule has 94 valence electrons. The number of hydrogen-bond acceptors (Lipinski definition) is 3. The number of hydrogen-bond donors (Lipinski definition) is 1. The Morgan fingerprint density at radius 2 is 1.67 bits per heavy atom.